The first-order valence-corrected chi connectivity index (χ1v) is 42.1. The number of phenols is 3. The number of ether oxygens (including phenoxy) is 2. The normalized spacial score (nSPS) is 25.0. The molecule has 41 heteroatoms. The number of aliphatic carboxylic acids is 1. The standard InChI is InChI=1S/C86H108N16O25/c1-6-43(2)70-81(119)91-56-15-9-10-32-87-67(108)39-59(76(114)96-63(86(124)125)37-49-22-28-53(107)29-23-49)93-74(112)57-30-31-68(109)126-42-64(97-79(117)65-16-11-33-101(65)85(123)62(95-73(56)111)36-48-20-26-52(106)27-21-48)78(116)94-60(77(115)92-58(75(113)90-57)38-50-41-88-55-14-8-7-13-54(50)55)40-69(110)127-45(4)72(83(121)98-70)100-82(120)71(44(3)103)99-80(118)66-17-12-34-102(66)84(122)61(89-46(5)104)35-47-18-24-51(105)25-19-47/h7-8,13-14,18-29,41,43-45,56-66,70-72,88,103,105-107H,6,9-12,15-17,30-40,42H2,1-5H3,(H,87,108)(H,89,104)(H,90,113)(H,91,119)(H,92,115)(H,93,112)(H,94,116)(H,95,111)(H,96,114)(H,97,117)(H,98,121)(H,99,118)(H,100,120)(H,124,125)/t43-,44-,45-,56+,57+,58+,59+,60+,61+,62+,63+,64+,65+,66+,70+,71+,72+/m1/s1. The zero-order valence-corrected chi connectivity index (χ0v) is 70.6. The highest BCUT2D eigenvalue weighted by Crippen LogP contribution is 2.27. The summed E-state index contributed by atoms with van der Waals surface area (Å²) in [6.07, 6.45) is -7.82. The second-order valence-electron chi connectivity index (χ2n) is 32.4. The molecule has 127 heavy (non-hydrogen) atoms. The van der Waals surface area contributed by atoms with Gasteiger partial charge in [-0.3, -0.25) is 81.5 Å². The number of benzene rings is 4. The number of carboxylic acids is 1. The fraction of sp³-hybridized carbons (Fsp3) is 0.488. The SMILES string of the molecule is CC[C@@H](C)[C@@H]1NC(=O)[C@@H](NC(=O)[C@@H](NC(=O)[C@@H]2CCCN2C(=O)[C@H](Cc2ccc(O)cc2)NC(C)=O)[C@@H](C)O)[C@@H](C)OC(=O)C[C@@H]2NC(=O)[C@@H]3COC(=O)CC[C@H](NC(=O)[C@H](Cc4c[nH]c5ccccc45)NC2=O)C(=O)N[C@H](C(=O)N[C@@H](Cc2ccc(O)cc2)C(=O)O)CC(=O)NCCCC[C@H](NC1=O)C(=O)N[C@@H](Cc1ccc(O)cc1)C(=O)N1CCC[C@H]1C(=O)N3. The third-order valence-electron chi connectivity index (χ3n) is 22.9. The Labute approximate surface area is 728 Å². The molecule has 0 unspecified atom stereocenters. The Balaban J connectivity index is 1.09. The molecule has 19 N–H and O–H groups in total. The van der Waals surface area contributed by atoms with Crippen LogP contribution in [0.1, 0.15) is 134 Å². The predicted molar refractivity (Wildman–Crippen MR) is 446 cm³/mol. The van der Waals surface area contributed by atoms with Crippen molar-refractivity contribution >= 4 is 117 Å². The lowest BCUT2D eigenvalue weighted by Crippen LogP contribution is -2.64. The Bertz CT molecular complexity index is 4910. The third kappa shape index (κ3) is 26.2. The molecule has 41 nitrogen and oxygen atoms in total. The summed E-state index contributed by atoms with van der Waals surface area (Å²) in [6.45, 7) is 4.86. The maximum Gasteiger partial charge on any atom is 0.326 e. The van der Waals surface area contributed by atoms with Crippen LogP contribution < -0.4 is 69.1 Å². The van der Waals surface area contributed by atoms with Crippen LogP contribution in [0.2, 0.25) is 0 Å². The Hall–Kier alpha value is -13.8. The quantitative estimate of drug-likeness (QED) is 0.0351. The van der Waals surface area contributed by atoms with Gasteiger partial charge in [0.25, 0.3) is 0 Å². The van der Waals surface area contributed by atoms with Crippen LogP contribution in [0.4, 0.5) is 0 Å². The number of phenolic OH excluding ortho intramolecular Hbond substituents is 3. The van der Waals surface area contributed by atoms with Gasteiger partial charge in [-0.25, -0.2) is 4.79 Å². The van der Waals surface area contributed by atoms with Crippen molar-refractivity contribution in [1.29, 1.82) is 0 Å². The number of carbonyl (C=O) groups is 18. The van der Waals surface area contributed by atoms with Gasteiger partial charge in [-0.05, 0) is 136 Å². The number of aliphatic hydroxyl groups is 1. The molecule has 6 heterocycles. The molecule has 0 spiro atoms. The van der Waals surface area contributed by atoms with Crippen molar-refractivity contribution in [3.63, 3.8) is 0 Å². The van der Waals surface area contributed by atoms with Crippen LogP contribution in [0.15, 0.2) is 103 Å². The summed E-state index contributed by atoms with van der Waals surface area (Å²) in [5, 5.41) is 85.6. The number of cyclic esters (lactones) is 1. The highest BCUT2D eigenvalue weighted by atomic mass is 16.5. The lowest BCUT2D eigenvalue weighted by molar-refractivity contribution is -0.155. The van der Waals surface area contributed by atoms with Gasteiger partial charge in [-0.2, -0.15) is 0 Å². The van der Waals surface area contributed by atoms with Gasteiger partial charge in [0.15, 0.2) is 0 Å². The summed E-state index contributed by atoms with van der Waals surface area (Å²) in [5.41, 5.74) is 2.00. The number of para-hydroxylation sites is 1. The molecule has 5 aliphatic rings. The fourth-order valence-electron chi connectivity index (χ4n) is 15.7. The zero-order valence-electron chi connectivity index (χ0n) is 70.6. The second-order valence-corrected chi connectivity index (χ2v) is 32.4. The van der Waals surface area contributed by atoms with Gasteiger partial charge in [0.2, 0.25) is 88.6 Å². The van der Waals surface area contributed by atoms with E-state index in [-0.39, 0.29) is 101 Å². The van der Waals surface area contributed by atoms with Crippen LogP contribution in [0, 0.1) is 5.92 Å². The van der Waals surface area contributed by atoms with Crippen molar-refractivity contribution in [1.82, 2.24) is 83.9 Å². The number of aromatic nitrogens is 1. The molecule has 682 valence electrons. The van der Waals surface area contributed by atoms with Gasteiger partial charge < -0.3 is 119 Å². The number of esters is 2. The topological polar surface area (TPSA) is 606 Å². The minimum absolute atomic E-state index is 0.00168. The van der Waals surface area contributed by atoms with Crippen molar-refractivity contribution in [3.8, 4) is 17.2 Å². The molecular formula is C86H108N16O25. The molecule has 17 atom stereocenters. The zero-order chi connectivity index (χ0) is 92.0. The molecule has 5 fully saturated rings. The number of likely N-dealkylation sites (tertiary alicyclic amines) is 1. The average Bonchev–Trinajstić information content (AvgIpc) is 1.71. The minimum Gasteiger partial charge on any atom is -0.508 e. The molecule has 4 bridgehead atoms. The molecule has 1 aromatic heterocycles. The molecule has 0 saturated carbocycles. The number of aliphatic hydroxyl groups excluding tert-OH is 1. The van der Waals surface area contributed by atoms with Gasteiger partial charge in [-0.1, -0.05) is 74.9 Å². The Morgan fingerprint density at radius 3 is 1.80 bits per heavy atom. The number of nitrogens with one attached hydrogen (secondary N) is 14. The van der Waals surface area contributed by atoms with Crippen LogP contribution in [-0.2, 0) is 121 Å². The Morgan fingerprint density at radius 2 is 1.15 bits per heavy atom. The predicted octanol–water partition coefficient (Wildman–Crippen LogP) is -2.75. The fourth-order valence-corrected chi connectivity index (χ4v) is 15.7. The number of carbonyl (C=O) groups excluding carboxylic acids is 17. The first-order chi connectivity index (χ1) is 60.5. The summed E-state index contributed by atoms with van der Waals surface area (Å²) in [5.74, 6) is -22.4. The van der Waals surface area contributed by atoms with E-state index in [2.05, 4.69) is 74.1 Å². The van der Waals surface area contributed by atoms with E-state index in [0.717, 1.165) is 18.7 Å². The van der Waals surface area contributed by atoms with Crippen LogP contribution >= 0.6 is 0 Å². The molecule has 5 aromatic rings. The van der Waals surface area contributed by atoms with Gasteiger partial charge in [0.05, 0.1) is 18.9 Å². The van der Waals surface area contributed by atoms with Gasteiger partial charge in [0, 0.05) is 75.8 Å². The largest absolute Gasteiger partial charge is 0.508 e. The maximum absolute atomic E-state index is 15.6. The summed E-state index contributed by atoms with van der Waals surface area (Å²) in [4.78, 5) is 272. The Morgan fingerprint density at radius 1 is 0.559 bits per heavy atom. The van der Waals surface area contributed by atoms with Crippen LogP contribution in [0.25, 0.3) is 10.9 Å². The maximum atomic E-state index is 15.6. The number of rotatable bonds is 20. The smallest absolute Gasteiger partial charge is 0.326 e. The van der Waals surface area contributed by atoms with Crippen LogP contribution in [0.5, 0.6) is 17.2 Å². The number of carboxylic acid groups (broad SMARTS) is 1. The lowest BCUT2D eigenvalue weighted by Gasteiger charge is -2.32. The molecule has 5 aliphatic heterocycles. The van der Waals surface area contributed by atoms with Gasteiger partial charge in [-0.15, -0.1) is 0 Å². The number of amides is 15. The lowest BCUT2D eigenvalue weighted by atomic mass is 9.96. The van der Waals surface area contributed by atoms with E-state index >= 15 is 52.7 Å². The van der Waals surface area contributed by atoms with E-state index in [1.165, 1.54) is 97.7 Å². The summed E-state index contributed by atoms with van der Waals surface area (Å²) in [7, 11) is 0. The monoisotopic (exact) mass is 1760 g/mol. The van der Waals surface area contributed by atoms with Crippen molar-refractivity contribution in [2.24, 2.45) is 5.92 Å². The summed E-state index contributed by atoms with van der Waals surface area (Å²) >= 11 is 0. The number of aromatic amines is 1. The molecule has 10 rings (SSSR count). The number of H-pyrrole nitrogens is 1. The van der Waals surface area contributed by atoms with Crippen LogP contribution in [-0.4, -0.2) is 270 Å². The molecule has 4 aromatic carbocycles. The molecule has 5 saturated heterocycles. The molecule has 0 aliphatic carbocycles. The van der Waals surface area contributed by atoms with E-state index in [0.29, 0.717) is 33.2 Å². The van der Waals surface area contributed by atoms with E-state index in [1.54, 1.807) is 31.2 Å². The van der Waals surface area contributed by atoms with Crippen molar-refractivity contribution in [2.45, 2.75) is 234 Å². The number of aromatic hydroxyl groups is 3. The van der Waals surface area contributed by atoms with Crippen LogP contribution in [0.3, 0.4) is 0 Å². The first kappa shape index (κ1) is 95.5. The number of fused-ring (bicyclic) bond motifs is 13. The van der Waals surface area contributed by atoms with Crippen molar-refractivity contribution in [2.75, 3.05) is 26.2 Å². The minimum atomic E-state index is -2.30. The van der Waals surface area contributed by atoms with Gasteiger partial charge >= 0.3 is 17.9 Å². The van der Waals surface area contributed by atoms with Crippen molar-refractivity contribution < 1.29 is 121 Å². The highest BCUT2D eigenvalue weighted by Gasteiger charge is 2.46. The van der Waals surface area contributed by atoms with E-state index in [9.17, 15) is 59.1 Å². The number of hydrogen-bond donors (Lipinski definition) is 19. The van der Waals surface area contributed by atoms with E-state index < -0.39 is 254 Å². The third-order valence-corrected chi connectivity index (χ3v) is 22.9. The number of nitrogens with zero attached hydrogens (tertiary/aromatic N) is 2. The van der Waals surface area contributed by atoms with E-state index in [4.69, 9.17) is 9.47 Å². The Kier molecular flexibility index (Phi) is 33.2. The molecule has 0 radical (unpaired) electrons. The average molecular weight is 1770 g/mol. The highest BCUT2D eigenvalue weighted by molar-refractivity contribution is 6.03. The summed E-state index contributed by atoms with van der Waals surface area (Å²) < 4.78 is 11.6. The van der Waals surface area contributed by atoms with Gasteiger partial charge in [0.1, 0.15) is 115 Å². The summed E-state index contributed by atoms with van der Waals surface area (Å²) in [6, 6.07) is -2.34. The van der Waals surface area contributed by atoms with E-state index in [1.807, 2.05) is 0 Å². The second kappa shape index (κ2) is 44.2. The molecule has 15 amide bonds. The number of hydrogen-bond acceptors (Lipinski definition) is 24. The van der Waals surface area contributed by atoms with Crippen molar-refractivity contribution in [3.05, 3.63) is 126 Å². The molecular weight excluding hydrogens is 1660 g/mol. The first-order valence-electron chi connectivity index (χ1n) is 42.1.